The summed E-state index contributed by atoms with van der Waals surface area (Å²) < 4.78 is 15.9. The maximum atomic E-state index is 10.6. The van der Waals surface area contributed by atoms with Crippen molar-refractivity contribution in [3.63, 3.8) is 0 Å². The van der Waals surface area contributed by atoms with Crippen LogP contribution in [-0.4, -0.2) is 87.2 Å². The van der Waals surface area contributed by atoms with Crippen LogP contribution in [0.25, 0.3) is 0 Å². The summed E-state index contributed by atoms with van der Waals surface area (Å²) in [6.07, 6.45) is 7.20. The van der Waals surface area contributed by atoms with Gasteiger partial charge in [-0.1, -0.05) is 34.6 Å². The zero-order valence-corrected chi connectivity index (χ0v) is 41.8. The topological polar surface area (TPSA) is 124 Å². The smallest absolute Gasteiger partial charge is 0.171 e. The van der Waals surface area contributed by atoms with E-state index in [9.17, 15) is 15.3 Å². The zero-order chi connectivity index (χ0) is 34.7. The standard InChI is InChI=1S/C13H27NO2.C12H25NO2.C10H21NO2.3Y/c1-7-11(4)9-13(15,16-6)10(3)12(5,8-2)14-11;1-6-11(7-2)9-12(14,15-5)8-10(3,4)13-11;1-8(2)6-10(12,13-5)7-9(3,4)11-8;;;/h10,14-15H,7-9H2,1-6H3;13-14H,6-9H2,1-5H3;11-12H,6-7H2,1-5H3;;;. The third kappa shape index (κ3) is 15.3. The van der Waals surface area contributed by atoms with Gasteiger partial charge in [-0.25, -0.2) is 0 Å². The number of hydrogen-bond donors (Lipinski definition) is 6. The maximum Gasteiger partial charge on any atom is 0.171 e. The summed E-state index contributed by atoms with van der Waals surface area (Å²) in [5.74, 6) is -2.88. The first-order valence-electron chi connectivity index (χ1n) is 16.9. The second-order valence-electron chi connectivity index (χ2n) is 16.7. The summed E-state index contributed by atoms with van der Waals surface area (Å²) >= 11 is 0. The van der Waals surface area contributed by atoms with Crippen LogP contribution in [0.15, 0.2) is 0 Å². The van der Waals surface area contributed by atoms with Crippen LogP contribution in [0.4, 0.5) is 0 Å². The summed E-state index contributed by atoms with van der Waals surface area (Å²) in [7, 11) is 4.77. The Morgan fingerprint density at radius 2 is 0.915 bits per heavy atom. The Bertz CT molecular complexity index is 887. The fraction of sp³-hybridized carbons (Fsp3) is 1.00. The number of nitrogens with one attached hydrogen (secondary N) is 3. The Morgan fingerprint density at radius 3 is 1.23 bits per heavy atom. The second-order valence-corrected chi connectivity index (χ2v) is 16.7. The molecule has 3 rings (SSSR count). The molecule has 0 aliphatic carbocycles. The molecule has 0 amide bonds. The molecule has 0 bridgehead atoms. The molecule has 12 heteroatoms. The molecule has 3 fully saturated rings. The molecule has 3 aliphatic heterocycles. The number of methoxy groups -OCH3 is 3. The van der Waals surface area contributed by atoms with Crippen molar-refractivity contribution in [1.82, 2.24) is 16.0 Å². The molecule has 0 aromatic carbocycles. The van der Waals surface area contributed by atoms with Crippen molar-refractivity contribution >= 4 is 0 Å². The number of ether oxygens (including phenoxy) is 3. The minimum Gasteiger partial charge on any atom is -0.365 e. The van der Waals surface area contributed by atoms with Gasteiger partial charge in [0.25, 0.3) is 0 Å². The van der Waals surface area contributed by atoms with Gasteiger partial charge < -0.3 is 45.5 Å². The maximum absolute atomic E-state index is 10.6. The summed E-state index contributed by atoms with van der Waals surface area (Å²) in [5, 5.41) is 41.9. The zero-order valence-electron chi connectivity index (χ0n) is 33.2. The van der Waals surface area contributed by atoms with Crippen LogP contribution in [0, 0.1) is 5.92 Å². The fourth-order valence-electron chi connectivity index (χ4n) is 8.41. The molecule has 5 atom stereocenters. The third-order valence-corrected chi connectivity index (χ3v) is 10.9. The molecule has 3 aliphatic rings. The van der Waals surface area contributed by atoms with Gasteiger partial charge in [0.2, 0.25) is 0 Å². The molecule has 3 radical (unpaired) electrons. The van der Waals surface area contributed by atoms with Crippen molar-refractivity contribution in [2.75, 3.05) is 21.3 Å². The Balaban J connectivity index is -0.000000602. The van der Waals surface area contributed by atoms with Gasteiger partial charge >= 0.3 is 0 Å². The average molecular weight is 899 g/mol. The molecular formula is C35H73N3O6Y3. The van der Waals surface area contributed by atoms with E-state index < -0.39 is 17.4 Å². The Hall–Kier alpha value is 2.95. The van der Waals surface area contributed by atoms with Gasteiger partial charge in [-0.15, -0.1) is 0 Å². The van der Waals surface area contributed by atoms with E-state index in [1.165, 1.54) is 0 Å². The first-order valence-corrected chi connectivity index (χ1v) is 16.9. The Kier molecular flexibility index (Phi) is 23.1. The summed E-state index contributed by atoms with van der Waals surface area (Å²) in [4.78, 5) is 0. The van der Waals surface area contributed by atoms with Crippen LogP contribution in [-0.2, 0) is 112 Å². The number of rotatable bonds is 7. The van der Waals surface area contributed by atoms with E-state index in [0.717, 1.165) is 25.7 Å². The molecule has 5 unspecified atom stereocenters. The van der Waals surface area contributed by atoms with Crippen molar-refractivity contribution < 1.29 is 128 Å². The van der Waals surface area contributed by atoms with Crippen molar-refractivity contribution in [3.05, 3.63) is 0 Å². The monoisotopic (exact) mass is 898 g/mol. The van der Waals surface area contributed by atoms with Crippen molar-refractivity contribution in [2.45, 2.75) is 198 Å². The number of aliphatic hydroxyl groups is 3. The summed E-state index contributed by atoms with van der Waals surface area (Å²) in [6.45, 7) is 27.6. The molecule has 273 valence electrons. The molecule has 0 aromatic rings. The van der Waals surface area contributed by atoms with Gasteiger partial charge in [-0.05, 0) is 81.1 Å². The van der Waals surface area contributed by atoms with Crippen molar-refractivity contribution in [3.8, 4) is 0 Å². The van der Waals surface area contributed by atoms with E-state index in [0.29, 0.717) is 32.1 Å². The Morgan fingerprint density at radius 1 is 0.532 bits per heavy atom. The average Bonchev–Trinajstić information content (AvgIpc) is 2.89. The first-order chi connectivity index (χ1) is 19.7. The molecule has 9 nitrogen and oxygen atoms in total. The van der Waals surface area contributed by atoms with Gasteiger partial charge in [0.1, 0.15) is 0 Å². The van der Waals surface area contributed by atoms with Crippen LogP contribution in [0.2, 0.25) is 0 Å². The quantitative estimate of drug-likeness (QED) is 0.182. The van der Waals surface area contributed by atoms with Crippen LogP contribution in [0.5, 0.6) is 0 Å². The van der Waals surface area contributed by atoms with Gasteiger partial charge in [-0.2, -0.15) is 0 Å². The van der Waals surface area contributed by atoms with Crippen LogP contribution < -0.4 is 16.0 Å². The van der Waals surface area contributed by atoms with Gasteiger partial charge in [0, 0.05) is 191 Å². The molecule has 0 saturated carbocycles. The van der Waals surface area contributed by atoms with Crippen LogP contribution in [0.3, 0.4) is 0 Å². The van der Waals surface area contributed by atoms with Crippen molar-refractivity contribution in [1.29, 1.82) is 0 Å². The minimum absolute atomic E-state index is 0. The van der Waals surface area contributed by atoms with Crippen LogP contribution in [0.1, 0.15) is 148 Å². The second kappa shape index (κ2) is 20.0. The molecule has 0 spiro atoms. The minimum atomic E-state index is -1.01. The molecule has 47 heavy (non-hydrogen) atoms. The molecular weight excluding hydrogens is 825 g/mol. The van der Waals surface area contributed by atoms with E-state index in [2.05, 4.69) is 106 Å². The van der Waals surface area contributed by atoms with Gasteiger partial charge in [0.05, 0.1) is 0 Å². The summed E-state index contributed by atoms with van der Waals surface area (Å²) in [5.41, 5.74) is -0.351. The molecule has 0 aromatic heterocycles. The van der Waals surface area contributed by atoms with Gasteiger partial charge in [-0.3, -0.25) is 0 Å². The van der Waals surface area contributed by atoms with E-state index in [1.54, 1.807) is 21.3 Å². The predicted molar refractivity (Wildman–Crippen MR) is 180 cm³/mol. The van der Waals surface area contributed by atoms with E-state index >= 15 is 0 Å². The largest absolute Gasteiger partial charge is 0.365 e. The molecule has 6 N–H and O–H groups in total. The molecule has 3 saturated heterocycles. The number of hydrogen-bond acceptors (Lipinski definition) is 9. The first kappa shape index (κ1) is 54.3. The summed E-state index contributed by atoms with van der Waals surface area (Å²) in [6, 6.07) is 0. The number of piperidine rings is 3. The predicted octanol–water partition coefficient (Wildman–Crippen LogP) is 5.58. The van der Waals surface area contributed by atoms with E-state index in [4.69, 9.17) is 14.2 Å². The normalized spacial score (nSPS) is 35.9. The van der Waals surface area contributed by atoms with Crippen molar-refractivity contribution in [2.24, 2.45) is 5.92 Å². The van der Waals surface area contributed by atoms with Crippen LogP contribution >= 0.6 is 0 Å². The third-order valence-electron chi connectivity index (χ3n) is 10.9. The van der Waals surface area contributed by atoms with E-state index in [-0.39, 0.29) is 137 Å². The van der Waals surface area contributed by atoms with E-state index in [1.807, 2.05) is 0 Å². The fourth-order valence-corrected chi connectivity index (χ4v) is 8.41. The molecule has 3 heterocycles. The van der Waals surface area contributed by atoms with Gasteiger partial charge in [0.15, 0.2) is 17.4 Å². The Labute approximate surface area is 365 Å². The SMILES string of the molecule is CCC1(C)CC(O)(OC)C(C)C(C)(CC)N1.CCC1(CC)CC(O)(OC)CC(C)(C)N1.COC1(O)CC(C)(C)NC(C)(C)C1.[Y].[Y].[Y].